The summed E-state index contributed by atoms with van der Waals surface area (Å²) in [4.78, 5) is 0. The zero-order valence-electron chi connectivity index (χ0n) is 46.0. The predicted octanol–water partition coefficient (Wildman–Crippen LogP) is 16.2. The van der Waals surface area contributed by atoms with Crippen LogP contribution in [0, 0.1) is 0 Å². The largest absolute Gasteiger partial charge is 1.00 e. The molecule has 12 aromatic carbocycles. The fourth-order valence-corrected chi connectivity index (χ4v) is 11.7. The molecule has 0 nitrogen and oxygen atoms in total. The van der Waals surface area contributed by atoms with E-state index in [1.54, 1.807) is 23.3 Å². The Bertz CT molecular complexity index is 3420. The summed E-state index contributed by atoms with van der Waals surface area (Å²) in [7, 11) is 0. The minimum atomic E-state index is 0. The van der Waals surface area contributed by atoms with Gasteiger partial charge in [0.2, 0.25) is 0 Å². The SMILES string of the molecule is CCCCCCCc1cc2c(-c3cccc4ccccc34)ccc(-c3cccc4ccccc34)c2[cH-]1.CCCCCCCc1cc2c(-c3cccc4ccccc34)ccc(-c3cccc4ccccc34)c2[cH-]1.C[Si](C)=[Zr+2].[Cl-].[Cl-]. The van der Waals surface area contributed by atoms with E-state index in [9.17, 15) is 0 Å². The van der Waals surface area contributed by atoms with Gasteiger partial charge in [-0.15, -0.1) is 44.8 Å². The Morgan fingerprint density at radius 2 is 0.564 bits per heavy atom. The molecule has 0 fully saturated rings. The number of rotatable bonds is 16. The molecule has 0 spiro atoms. The first-order valence-corrected chi connectivity index (χ1v) is 34.5. The number of fused-ring (bicyclic) bond motifs is 6. The minimum absolute atomic E-state index is 0. The Kier molecular flexibility index (Phi) is 21.2. The molecule has 4 heteroatoms. The van der Waals surface area contributed by atoms with E-state index in [4.69, 9.17) is 0 Å². The van der Waals surface area contributed by atoms with E-state index in [-0.39, 0.29) is 30.2 Å². The molecule has 0 saturated carbocycles. The maximum absolute atomic E-state index is 2.47. The Balaban J connectivity index is 0.000000188. The first-order valence-electron chi connectivity index (χ1n) is 28.3. The Morgan fingerprint density at radius 1 is 0.308 bits per heavy atom. The Hall–Kier alpha value is -5.86. The molecule has 392 valence electrons. The average Bonchev–Trinajstić information content (AvgIpc) is 4.29. The topological polar surface area (TPSA) is 0 Å². The smallest absolute Gasteiger partial charge is 1.00 e. The third-order valence-electron chi connectivity index (χ3n) is 15.4. The van der Waals surface area contributed by atoms with Gasteiger partial charge in [-0.3, -0.25) is 0 Å². The van der Waals surface area contributed by atoms with Crippen LogP contribution in [0.3, 0.4) is 0 Å². The van der Waals surface area contributed by atoms with Gasteiger partial charge in [0.25, 0.3) is 0 Å². The molecule has 0 amide bonds. The summed E-state index contributed by atoms with van der Waals surface area (Å²) >= 11 is 1.74. The van der Waals surface area contributed by atoms with Gasteiger partial charge in [0.15, 0.2) is 0 Å². The van der Waals surface area contributed by atoms with Crippen molar-refractivity contribution in [2.24, 2.45) is 0 Å². The molecule has 78 heavy (non-hydrogen) atoms. The van der Waals surface area contributed by atoms with Crippen LogP contribution in [0.15, 0.2) is 218 Å². The molecule has 0 aliphatic carbocycles. The van der Waals surface area contributed by atoms with Crippen molar-refractivity contribution in [2.45, 2.75) is 104 Å². The van der Waals surface area contributed by atoms with Crippen molar-refractivity contribution in [3.8, 4) is 44.5 Å². The van der Waals surface area contributed by atoms with Gasteiger partial charge in [-0.25, -0.2) is 0 Å². The van der Waals surface area contributed by atoms with E-state index in [1.807, 2.05) is 0 Å². The molecule has 0 N–H and O–H groups in total. The van der Waals surface area contributed by atoms with Gasteiger partial charge < -0.3 is 24.8 Å². The fraction of sp³-hybridized carbons (Fsp3) is 0.216. The molecular formula is C74H72Cl2SiZr-2. The number of halogens is 2. The summed E-state index contributed by atoms with van der Waals surface area (Å²) < 4.78 is 0. The van der Waals surface area contributed by atoms with E-state index < -0.39 is 0 Å². The maximum Gasteiger partial charge on any atom is -1.00 e. The Labute approximate surface area is 492 Å². The van der Waals surface area contributed by atoms with Gasteiger partial charge in [-0.1, -0.05) is 306 Å². The van der Waals surface area contributed by atoms with E-state index in [1.165, 1.54) is 184 Å². The third-order valence-corrected chi connectivity index (χ3v) is 15.4. The summed E-state index contributed by atoms with van der Waals surface area (Å²) in [5.41, 5.74) is 13.8. The second kappa shape index (κ2) is 28.3. The number of hydrogen-bond acceptors (Lipinski definition) is 0. The van der Waals surface area contributed by atoms with Crippen LogP contribution in [-0.2, 0) is 36.2 Å². The number of unbranched alkanes of at least 4 members (excludes halogenated alkanes) is 8. The molecule has 0 aliphatic heterocycles. The number of benzene rings is 10. The van der Waals surface area contributed by atoms with Gasteiger partial charge in [0.1, 0.15) is 0 Å². The molecule has 0 bridgehead atoms. The number of hydrogen-bond donors (Lipinski definition) is 0. The normalized spacial score (nSPS) is 11.1. The van der Waals surface area contributed by atoms with Crippen LogP contribution < -0.4 is 24.8 Å². The summed E-state index contributed by atoms with van der Waals surface area (Å²) in [5, 5.41) is 16.0. The van der Waals surface area contributed by atoms with Crippen molar-refractivity contribution in [2.75, 3.05) is 0 Å². The average molecular weight is 1150 g/mol. The fourth-order valence-electron chi connectivity index (χ4n) is 11.7. The maximum atomic E-state index is 2.47. The van der Waals surface area contributed by atoms with Gasteiger partial charge in [0.05, 0.1) is 0 Å². The van der Waals surface area contributed by atoms with Crippen LogP contribution >= 0.6 is 0 Å². The number of aryl methyl sites for hydroxylation is 2. The molecule has 0 aliphatic rings. The van der Waals surface area contributed by atoms with Gasteiger partial charge in [0, 0.05) is 0 Å². The summed E-state index contributed by atoms with van der Waals surface area (Å²) in [6.07, 6.45) is 15.5. The summed E-state index contributed by atoms with van der Waals surface area (Å²) in [5.74, 6) is 0. The van der Waals surface area contributed by atoms with Crippen molar-refractivity contribution >= 4 is 70.1 Å². The molecule has 12 aromatic rings. The van der Waals surface area contributed by atoms with Crippen LogP contribution in [0.1, 0.15) is 89.2 Å². The monoisotopic (exact) mass is 1150 g/mol. The standard InChI is InChI=1S/2C36H33.C2H6Si.2ClH.Zr/c2*1-2-3-4-5-6-13-26-24-35-33(31-20-11-16-27-14-7-9-18-29(27)31)22-23-34(36(35)25-26)32-21-12-17-28-15-8-10-19-30(28)32;1-3-2;;;/h2*7-12,14-25H,2-6,13H2,1H3;1-2H3;2*1H;/q2*-1;;;;+2/p-2. The van der Waals surface area contributed by atoms with Crippen molar-refractivity contribution < 1.29 is 48.1 Å². The first kappa shape index (κ1) is 58.3. The van der Waals surface area contributed by atoms with E-state index in [0.29, 0.717) is 0 Å². The van der Waals surface area contributed by atoms with Crippen molar-refractivity contribution in [3.05, 3.63) is 230 Å². The Morgan fingerprint density at radius 3 is 0.885 bits per heavy atom. The molecule has 0 heterocycles. The zero-order valence-corrected chi connectivity index (χ0v) is 51.0. The van der Waals surface area contributed by atoms with E-state index >= 15 is 0 Å². The summed E-state index contributed by atoms with van der Waals surface area (Å²) in [6, 6.07) is 81.1. The van der Waals surface area contributed by atoms with Crippen molar-refractivity contribution in [3.63, 3.8) is 0 Å². The zero-order chi connectivity index (χ0) is 52.2. The molecule has 0 unspecified atom stereocenters. The second-order valence-corrected chi connectivity index (χ2v) is 30.5. The van der Waals surface area contributed by atoms with Gasteiger partial charge >= 0.3 is 41.9 Å². The van der Waals surface area contributed by atoms with Crippen LogP contribution in [0.25, 0.3) is 109 Å². The quantitative estimate of drug-likeness (QED) is 0.0514. The molecule has 0 atom stereocenters. The van der Waals surface area contributed by atoms with Crippen LogP contribution in [0.4, 0.5) is 0 Å². The molecule has 12 rings (SSSR count). The van der Waals surface area contributed by atoms with Gasteiger partial charge in [-0.2, -0.15) is 12.1 Å². The summed E-state index contributed by atoms with van der Waals surface area (Å²) in [6.45, 7) is 9.19. The van der Waals surface area contributed by atoms with E-state index in [2.05, 4.69) is 245 Å². The van der Waals surface area contributed by atoms with Crippen LogP contribution in [-0.4, -0.2) is 5.43 Å². The van der Waals surface area contributed by atoms with Crippen LogP contribution in [0.2, 0.25) is 13.1 Å². The van der Waals surface area contributed by atoms with Gasteiger partial charge in [-0.05, 0) is 67.1 Å². The first-order chi connectivity index (χ1) is 37.4. The minimum Gasteiger partial charge on any atom is -1.00 e. The van der Waals surface area contributed by atoms with Crippen molar-refractivity contribution in [1.82, 2.24) is 0 Å². The molecular weight excluding hydrogens is 1080 g/mol. The molecule has 0 radical (unpaired) electrons. The second-order valence-electron chi connectivity index (χ2n) is 21.1. The molecule has 0 saturated heterocycles. The van der Waals surface area contributed by atoms with E-state index in [0.717, 1.165) is 12.8 Å². The van der Waals surface area contributed by atoms with Crippen molar-refractivity contribution in [1.29, 1.82) is 0 Å². The van der Waals surface area contributed by atoms with Crippen LogP contribution in [0.5, 0.6) is 0 Å². The molecule has 0 aromatic heterocycles. The predicted molar refractivity (Wildman–Crippen MR) is 333 cm³/mol. The third kappa shape index (κ3) is 13.4.